The van der Waals surface area contributed by atoms with Crippen molar-refractivity contribution in [2.75, 3.05) is 45.2 Å². The van der Waals surface area contributed by atoms with Crippen LogP contribution in [0.15, 0.2) is 63.2 Å². The molecule has 0 bridgehead atoms. The SMILES string of the molecule is C=Nc1ccc(CNC(=O)c2cccn3c(C(=O)N4CCN(CC(=O)OCC)CC4)c(-c4ccsc4)nc23)cc1SCN. The van der Waals surface area contributed by atoms with Gasteiger partial charge in [-0.1, -0.05) is 6.07 Å². The Bertz CT molecular complexity index is 1630. The van der Waals surface area contributed by atoms with Gasteiger partial charge in [0.05, 0.1) is 24.4 Å². The van der Waals surface area contributed by atoms with Crippen LogP contribution in [0.25, 0.3) is 16.9 Å². The molecule has 11 nitrogen and oxygen atoms in total. The Morgan fingerprint density at radius 1 is 1.19 bits per heavy atom. The van der Waals surface area contributed by atoms with Gasteiger partial charge in [0.15, 0.2) is 5.65 Å². The van der Waals surface area contributed by atoms with Crippen LogP contribution in [-0.2, 0) is 16.1 Å². The summed E-state index contributed by atoms with van der Waals surface area (Å²) in [6.07, 6.45) is 1.76. The lowest BCUT2D eigenvalue weighted by atomic mass is 10.1. The Morgan fingerprint density at radius 2 is 2.00 bits per heavy atom. The average Bonchev–Trinajstić information content (AvgIpc) is 3.69. The van der Waals surface area contributed by atoms with Crippen LogP contribution < -0.4 is 11.1 Å². The topological polar surface area (TPSA) is 135 Å². The molecular weight excluding hydrogens is 587 g/mol. The number of esters is 1. The van der Waals surface area contributed by atoms with Gasteiger partial charge in [0, 0.05) is 60.6 Å². The second-order valence-corrected chi connectivity index (χ2v) is 11.6. The van der Waals surface area contributed by atoms with Crippen LogP contribution in [0.1, 0.15) is 33.3 Å². The number of benzene rings is 1. The minimum atomic E-state index is -0.307. The molecule has 2 amide bonds. The lowest BCUT2D eigenvalue weighted by Gasteiger charge is -2.34. The number of nitrogens with zero attached hydrogens (tertiary/aromatic N) is 5. The van der Waals surface area contributed by atoms with E-state index in [0.717, 1.165) is 21.7 Å². The number of rotatable bonds is 11. The van der Waals surface area contributed by atoms with Gasteiger partial charge in [0.1, 0.15) is 11.4 Å². The molecule has 43 heavy (non-hydrogen) atoms. The molecular formula is C30H33N7O4S2. The fraction of sp³-hybridized carbons (Fsp3) is 0.300. The smallest absolute Gasteiger partial charge is 0.320 e. The molecule has 5 rings (SSSR count). The Labute approximate surface area is 257 Å². The molecule has 3 aromatic heterocycles. The number of hydrogen-bond donors (Lipinski definition) is 2. The molecule has 1 aliphatic rings. The van der Waals surface area contributed by atoms with Crippen LogP contribution in [0.3, 0.4) is 0 Å². The summed E-state index contributed by atoms with van der Waals surface area (Å²) in [5, 5.41) is 6.85. The van der Waals surface area contributed by atoms with Gasteiger partial charge in [-0.2, -0.15) is 11.3 Å². The van der Waals surface area contributed by atoms with E-state index in [9.17, 15) is 14.4 Å². The first-order valence-electron chi connectivity index (χ1n) is 13.8. The van der Waals surface area contributed by atoms with Gasteiger partial charge >= 0.3 is 5.97 Å². The van der Waals surface area contributed by atoms with E-state index in [1.807, 2.05) is 39.9 Å². The van der Waals surface area contributed by atoms with Crippen LogP contribution in [0.2, 0.25) is 0 Å². The predicted molar refractivity (Wildman–Crippen MR) is 169 cm³/mol. The zero-order valence-electron chi connectivity index (χ0n) is 23.8. The number of nitrogens with one attached hydrogen (secondary N) is 1. The van der Waals surface area contributed by atoms with Crippen molar-refractivity contribution in [1.82, 2.24) is 24.5 Å². The molecule has 4 heterocycles. The first-order chi connectivity index (χ1) is 20.9. The zero-order chi connectivity index (χ0) is 30.3. The lowest BCUT2D eigenvalue weighted by molar-refractivity contribution is -0.144. The number of pyridine rings is 1. The van der Waals surface area contributed by atoms with E-state index in [2.05, 4.69) is 17.0 Å². The van der Waals surface area contributed by atoms with Gasteiger partial charge in [-0.05, 0) is 54.9 Å². The van der Waals surface area contributed by atoms with Gasteiger partial charge in [-0.15, -0.1) is 11.8 Å². The molecule has 1 saturated heterocycles. The fourth-order valence-electron chi connectivity index (χ4n) is 4.98. The van der Waals surface area contributed by atoms with E-state index in [4.69, 9.17) is 15.5 Å². The number of carbonyl (C=O) groups is 3. The number of fused-ring (bicyclic) bond motifs is 1. The van der Waals surface area contributed by atoms with Crippen molar-refractivity contribution in [2.45, 2.75) is 18.4 Å². The second-order valence-electron chi connectivity index (χ2n) is 9.76. The summed E-state index contributed by atoms with van der Waals surface area (Å²) in [7, 11) is 0. The van der Waals surface area contributed by atoms with Gasteiger partial charge in [-0.3, -0.25) is 28.7 Å². The molecule has 1 aliphatic heterocycles. The normalized spacial score (nSPS) is 13.7. The lowest BCUT2D eigenvalue weighted by Crippen LogP contribution is -2.50. The monoisotopic (exact) mass is 619 g/mol. The maximum Gasteiger partial charge on any atom is 0.320 e. The van der Waals surface area contributed by atoms with Crippen molar-refractivity contribution in [3.63, 3.8) is 0 Å². The number of amides is 2. The minimum absolute atomic E-state index is 0.178. The van der Waals surface area contributed by atoms with Crippen LogP contribution in [-0.4, -0.2) is 88.9 Å². The van der Waals surface area contributed by atoms with Crippen molar-refractivity contribution < 1.29 is 19.1 Å². The van der Waals surface area contributed by atoms with Crippen molar-refractivity contribution >= 4 is 58.9 Å². The average molecular weight is 620 g/mol. The summed E-state index contributed by atoms with van der Waals surface area (Å²) in [6, 6.07) is 11.0. The maximum atomic E-state index is 14.0. The number of thiophene rings is 1. The van der Waals surface area contributed by atoms with Crippen LogP contribution in [0.4, 0.5) is 5.69 Å². The molecule has 0 aliphatic carbocycles. The number of piperazine rings is 1. The number of nitrogens with two attached hydrogens (primary N) is 1. The third-order valence-electron chi connectivity index (χ3n) is 7.10. The summed E-state index contributed by atoms with van der Waals surface area (Å²) in [5.74, 6) is -0.354. The van der Waals surface area contributed by atoms with Gasteiger partial charge in [-0.25, -0.2) is 4.98 Å². The van der Waals surface area contributed by atoms with Gasteiger partial charge in [0.25, 0.3) is 11.8 Å². The molecule has 0 spiro atoms. The fourth-order valence-corrected chi connectivity index (χ4v) is 6.32. The van der Waals surface area contributed by atoms with E-state index in [0.29, 0.717) is 61.3 Å². The van der Waals surface area contributed by atoms with Crippen LogP contribution in [0, 0.1) is 0 Å². The van der Waals surface area contributed by atoms with E-state index < -0.39 is 0 Å². The van der Waals surface area contributed by atoms with E-state index >= 15 is 0 Å². The molecule has 4 aromatic rings. The standard InChI is InChI=1S/C30H33N7O4S2/c1-3-41-25(38)17-35-10-12-36(13-11-35)30(40)27-26(21-8-14-42-18-21)34-28-22(5-4-9-37(27)28)29(39)33-16-20-6-7-23(32-2)24(15-20)43-19-31/h4-9,14-15,18H,2-3,10-13,16-17,19,31H2,1H3,(H,33,39). The number of aromatic nitrogens is 2. The van der Waals surface area contributed by atoms with Crippen molar-refractivity contribution in [3.8, 4) is 11.3 Å². The Hall–Kier alpha value is -4.04. The Kier molecular flexibility index (Phi) is 9.87. The molecule has 3 N–H and O–H groups in total. The van der Waals surface area contributed by atoms with E-state index in [1.54, 1.807) is 34.6 Å². The highest BCUT2D eigenvalue weighted by molar-refractivity contribution is 7.99. The third-order valence-corrected chi connectivity index (χ3v) is 8.58. The molecule has 13 heteroatoms. The number of imidazole rings is 1. The Balaban J connectivity index is 1.39. The second kappa shape index (κ2) is 14.0. The van der Waals surface area contributed by atoms with Crippen molar-refractivity contribution in [2.24, 2.45) is 10.7 Å². The molecule has 0 radical (unpaired) electrons. The first-order valence-corrected chi connectivity index (χ1v) is 15.8. The molecule has 224 valence electrons. The number of thioether (sulfide) groups is 1. The highest BCUT2D eigenvalue weighted by atomic mass is 32.2. The molecule has 1 fully saturated rings. The van der Waals surface area contributed by atoms with Crippen LogP contribution >= 0.6 is 23.1 Å². The molecule has 0 saturated carbocycles. The zero-order valence-corrected chi connectivity index (χ0v) is 25.5. The number of hydrogen-bond acceptors (Lipinski definition) is 10. The predicted octanol–water partition coefficient (Wildman–Crippen LogP) is 3.65. The Morgan fingerprint density at radius 3 is 2.70 bits per heavy atom. The minimum Gasteiger partial charge on any atom is -0.465 e. The largest absolute Gasteiger partial charge is 0.465 e. The highest BCUT2D eigenvalue weighted by Gasteiger charge is 2.30. The number of carbonyl (C=O) groups excluding carboxylic acids is 3. The maximum absolute atomic E-state index is 14.0. The summed E-state index contributed by atoms with van der Waals surface area (Å²) >= 11 is 2.96. The van der Waals surface area contributed by atoms with Gasteiger partial charge < -0.3 is 20.7 Å². The van der Waals surface area contributed by atoms with E-state index in [-0.39, 0.29) is 30.9 Å². The molecule has 0 unspecified atom stereocenters. The summed E-state index contributed by atoms with van der Waals surface area (Å²) < 4.78 is 6.77. The number of ether oxygens (including phenoxy) is 1. The summed E-state index contributed by atoms with van der Waals surface area (Å²) in [6.45, 7) is 8.24. The first kappa shape index (κ1) is 30.4. The van der Waals surface area contributed by atoms with Crippen LogP contribution in [0.5, 0.6) is 0 Å². The van der Waals surface area contributed by atoms with Crippen molar-refractivity contribution in [3.05, 3.63) is 70.2 Å². The van der Waals surface area contributed by atoms with E-state index in [1.165, 1.54) is 23.1 Å². The highest BCUT2D eigenvalue weighted by Crippen LogP contribution is 2.31. The third kappa shape index (κ3) is 6.80. The molecule has 1 aromatic carbocycles. The number of aliphatic imine (C=N–C) groups is 1. The van der Waals surface area contributed by atoms with Crippen molar-refractivity contribution in [1.29, 1.82) is 0 Å². The summed E-state index contributed by atoms with van der Waals surface area (Å²) in [5.41, 5.74) is 9.84. The molecule has 0 atom stereocenters. The van der Waals surface area contributed by atoms with Gasteiger partial charge in [0.2, 0.25) is 0 Å². The summed E-state index contributed by atoms with van der Waals surface area (Å²) in [4.78, 5) is 52.9. The quantitative estimate of drug-likeness (QED) is 0.112.